The highest BCUT2D eigenvalue weighted by molar-refractivity contribution is 6.45. The molecule has 1 amide bonds. The van der Waals surface area contributed by atoms with Crippen LogP contribution in [0.2, 0.25) is 10.0 Å². The van der Waals surface area contributed by atoms with E-state index in [4.69, 9.17) is 32.7 Å². The van der Waals surface area contributed by atoms with E-state index in [2.05, 4.69) is 10.3 Å². The van der Waals surface area contributed by atoms with Gasteiger partial charge in [0.25, 0.3) is 5.91 Å². The fourth-order valence-corrected chi connectivity index (χ4v) is 4.80. The molecule has 2 aromatic carbocycles. The van der Waals surface area contributed by atoms with E-state index in [1.54, 1.807) is 18.2 Å². The Kier molecular flexibility index (Phi) is 6.21. The lowest BCUT2D eigenvalue weighted by molar-refractivity contribution is 0.0599. The van der Waals surface area contributed by atoms with E-state index in [9.17, 15) is 9.59 Å². The minimum absolute atomic E-state index is 0.258. The van der Waals surface area contributed by atoms with Crippen LogP contribution in [0.25, 0.3) is 10.9 Å². The standard InChI is InChI=1S/C24H24Cl2N2O4/c1-4-14-11-15(5-6-16(14)23(30)31-3)24(9-10-32-12-24)28-22(29)21-13(2)19-18(27-21)8-7-17(25)20(19)26/h5-8,11,27H,4,9-10,12H2,1-3H3,(H,28,29). The summed E-state index contributed by atoms with van der Waals surface area (Å²) in [6.45, 7) is 4.68. The number of H-pyrrole nitrogens is 1. The lowest BCUT2D eigenvalue weighted by Gasteiger charge is -2.30. The van der Waals surface area contributed by atoms with Crippen molar-refractivity contribution < 1.29 is 19.1 Å². The maximum absolute atomic E-state index is 13.4. The highest BCUT2D eigenvalue weighted by atomic mass is 35.5. The molecule has 1 atom stereocenters. The summed E-state index contributed by atoms with van der Waals surface area (Å²) in [5, 5.41) is 4.78. The van der Waals surface area contributed by atoms with Gasteiger partial charge in [-0.3, -0.25) is 4.79 Å². The lowest BCUT2D eigenvalue weighted by atomic mass is 9.86. The lowest BCUT2D eigenvalue weighted by Crippen LogP contribution is -2.46. The number of esters is 1. The monoisotopic (exact) mass is 474 g/mol. The first kappa shape index (κ1) is 22.6. The Labute approximate surface area is 196 Å². The number of amides is 1. The number of hydrogen-bond acceptors (Lipinski definition) is 4. The number of aromatic amines is 1. The van der Waals surface area contributed by atoms with Crippen LogP contribution in [0.3, 0.4) is 0 Å². The van der Waals surface area contributed by atoms with Crippen LogP contribution in [0.4, 0.5) is 0 Å². The van der Waals surface area contributed by atoms with Crippen molar-refractivity contribution in [2.45, 2.75) is 32.2 Å². The third-order valence-corrected chi connectivity index (χ3v) is 6.95. The molecule has 1 aliphatic heterocycles. The van der Waals surface area contributed by atoms with Gasteiger partial charge >= 0.3 is 5.97 Å². The number of aryl methyl sites for hydroxylation is 2. The molecular formula is C24H24Cl2N2O4. The molecule has 1 aromatic heterocycles. The first-order valence-corrected chi connectivity index (χ1v) is 11.1. The summed E-state index contributed by atoms with van der Waals surface area (Å²) in [7, 11) is 1.37. The second-order valence-corrected chi connectivity index (χ2v) is 8.75. The Morgan fingerprint density at radius 3 is 2.69 bits per heavy atom. The number of aromatic nitrogens is 1. The molecular weight excluding hydrogens is 451 g/mol. The molecule has 1 unspecified atom stereocenters. The van der Waals surface area contributed by atoms with Crippen molar-refractivity contribution in [1.29, 1.82) is 0 Å². The number of carbonyl (C=O) groups excluding carboxylic acids is 2. The highest BCUT2D eigenvalue weighted by Crippen LogP contribution is 2.36. The number of hydrogen-bond donors (Lipinski definition) is 2. The predicted molar refractivity (Wildman–Crippen MR) is 125 cm³/mol. The molecule has 0 saturated carbocycles. The van der Waals surface area contributed by atoms with Crippen molar-refractivity contribution in [2.24, 2.45) is 0 Å². The van der Waals surface area contributed by atoms with Crippen LogP contribution < -0.4 is 5.32 Å². The normalized spacial score (nSPS) is 18.2. The SMILES string of the molecule is CCc1cc(C2(NC(=O)c3[nH]c4ccc(Cl)c(Cl)c4c3C)CCOC2)ccc1C(=O)OC. The average Bonchev–Trinajstić information content (AvgIpc) is 3.40. The molecule has 2 N–H and O–H groups in total. The minimum atomic E-state index is -0.708. The molecule has 1 saturated heterocycles. The summed E-state index contributed by atoms with van der Waals surface area (Å²) >= 11 is 12.6. The van der Waals surface area contributed by atoms with Gasteiger partial charge in [0.2, 0.25) is 0 Å². The van der Waals surface area contributed by atoms with Crippen LogP contribution >= 0.6 is 23.2 Å². The maximum Gasteiger partial charge on any atom is 0.338 e. The largest absolute Gasteiger partial charge is 0.465 e. The number of carbonyl (C=O) groups is 2. The van der Waals surface area contributed by atoms with E-state index in [1.807, 2.05) is 26.0 Å². The van der Waals surface area contributed by atoms with Crippen LogP contribution in [0.5, 0.6) is 0 Å². The molecule has 1 aliphatic rings. The van der Waals surface area contributed by atoms with E-state index < -0.39 is 5.54 Å². The molecule has 0 spiro atoms. The van der Waals surface area contributed by atoms with Gasteiger partial charge in [0.1, 0.15) is 5.69 Å². The Balaban J connectivity index is 1.72. The number of rotatable bonds is 5. The number of methoxy groups -OCH3 is 1. The number of fused-ring (bicyclic) bond motifs is 1. The molecule has 32 heavy (non-hydrogen) atoms. The van der Waals surface area contributed by atoms with Crippen molar-refractivity contribution in [3.05, 3.63) is 68.3 Å². The zero-order valence-electron chi connectivity index (χ0n) is 18.1. The van der Waals surface area contributed by atoms with Gasteiger partial charge in [0, 0.05) is 23.9 Å². The second-order valence-electron chi connectivity index (χ2n) is 7.96. The Morgan fingerprint density at radius 2 is 2.03 bits per heavy atom. The van der Waals surface area contributed by atoms with Crippen LogP contribution in [-0.4, -0.2) is 37.2 Å². The van der Waals surface area contributed by atoms with Crippen molar-refractivity contribution in [3.8, 4) is 0 Å². The molecule has 168 valence electrons. The topological polar surface area (TPSA) is 80.4 Å². The van der Waals surface area contributed by atoms with E-state index >= 15 is 0 Å². The maximum atomic E-state index is 13.4. The van der Waals surface area contributed by atoms with Gasteiger partial charge in [-0.15, -0.1) is 0 Å². The molecule has 4 rings (SSSR count). The van der Waals surface area contributed by atoms with Crippen LogP contribution in [-0.2, 0) is 21.4 Å². The van der Waals surface area contributed by atoms with Gasteiger partial charge in [-0.2, -0.15) is 0 Å². The summed E-state index contributed by atoms with van der Waals surface area (Å²) in [6.07, 6.45) is 1.27. The van der Waals surface area contributed by atoms with Crippen molar-refractivity contribution in [2.75, 3.05) is 20.3 Å². The van der Waals surface area contributed by atoms with Gasteiger partial charge in [-0.25, -0.2) is 4.79 Å². The number of benzene rings is 2. The molecule has 6 nitrogen and oxygen atoms in total. The van der Waals surface area contributed by atoms with Crippen molar-refractivity contribution >= 4 is 46.0 Å². The first-order valence-electron chi connectivity index (χ1n) is 10.4. The highest BCUT2D eigenvalue weighted by Gasteiger charge is 2.39. The van der Waals surface area contributed by atoms with Gasteiger partial charge in [0.15, 0.2) is 0 Å². The zero-order valence-corrected chi connectivity index (χ0v) is 19.6. The van der Waals surface area contributed by atoms with Gasteiger partial charge in [-0.05, 0) is 48.2 Å². The third-order valence-electron chi connectivity index (χ3n) is 6.15. The molecule has 8 heteroatoms. The van der Waals surface area contributed by atoms with Crippen molar-refractivity contribution in [1.82, 2.24) is 10.3 Å². The Morgan fingerprint density at radius 1 is 1.25 bits per heavy atom. The minimum Gasteiger partial charge on any atom is -0.465 e. The Bertz CT molecular complexity index is 1210. The predicted octanol–water partition coefficient (Wildman–Crippen LogP) is 5.18. The van der Waals surface area contributed by atoms with Crippen LogP contribution in [0.1, 0.15) is 50.9 Å². The summed E-state index contributed by atoms with van der Waals surface area (Å²) in [4.78, 5) is 28.7. The van der Waals surface area contributed by atoms with Gasteiger partial charge in [-0.1, -0.05) is 42.3 Å². The smallest absolute Gasteiger partial charge is 0.338 e. The zero-order chi connectivity index (χ0) is 23.0. The summed E-state index contributed by atoms with van der Waals surface area (Å²) in [6, 6.07) is 9.07. The second kappa shape index (κ2) is 8.77. The van der Waals surface area contributed by atoms with Crippen molar-refractivity contribution in [3.63, 3.8) is 0 Å². The molecule has 0 radical (unpaired) electrons. The number of halogens is 2. The quantitative estimate of drug-likeness (QED) is 0.499. The summed E-state index contributed by atoms with van der Waals surface area (Å²) < 4.78 is 10.6. The summed E-state index contributed by atoms with van der Waals surface area (Å²) in [5.41, 5.74) is 3.47. The average molecular weight is 475 g/mol. The van der Waals surface area contributed by atoms with Crippen LogP contribution in [0.15, 0.2) is 30.3 Å². The molecule has 1 fully saturated rings. The summed E-state index contributed by atoms with van der Waals surface area (Å²) in [5.74, 6) is -0.634. The molecule has 0 aliphatic carbocycles. The third kappa shape index (κ3) is 3.76. The van der Waals surface area contributed by atoms with Crippen LogP contribution in [0, 0.1) is 6.92 Å². The fraction of sp³-hybridized carbons (Fsp3) is 0.333. The van der Waals surface area contributed by atoms with E-state index in [0.29, 0.717) is 47.4 Å². The van der Waals surface area contributed by atoms with Gasteiger partial charge < -0.3 is 19.8 Å². The molecule has 0 bridgehead atoms. The number of nitrogens with one attached hydrogen (secondary N) is 2. The molecule has 2 heterocycles. The molecule has 3 aromatic rings. The van der Waals surface area contributed by atoms with E-state index in [-0.39, 0.29) is 11.9 Å². The number of ether oxygens (including phenoxy) is 2. The first-order chi connectivity index (χ1) is 15.3. The fourth-order valence-electron chi connectivity index (χ4n) is 4.34. The Hall–Kier alpha value is -2.54. The van der Waals surface area contributed by atoms with E-state index in [0.717, 1.165) is 27.6 Å². The van der Waals surface area contributed by atoms with E-state index in [1.165, 1.54) is 7.11 Å². The van der Waals surface area contributed by atoms with Gasteiger partial charge in [0.05, 0.1) is 34.9 Å².